The molecule has 7 nitrogen and oxygen atoms in total. The van der Waals surface area contributed by atoms with E-state index in [1.54, 1.807) is 29.4 Å². The van der Waals surface area contributed by atoms with Crippen LogP contribution in [-0.4, -0.2) is 37.8 Å². The Hall–Kier alpha value is -3.09. The molecular weight excluding hydrogens is 340 g/mol. The zero-order chi connectivity index (χ0) is 18.6. The molecule has 0 spiro atoms. The SMILES string of the molecule is Cc1ccc(N2CCC(Cn3cnc(-c4cccnc4)cc3=O)CC2)nn1. The highest BCUT2D eigenvalue weighted by molar-refractivity contribution is 5.56. The van der Waals surface area contributed by atoms with Crippen LogP contribution in [0.15, 0.2) is 53.8 Å². The number of piperidine rings is 1. The second kappa shape index (κ2) is 7.65. The minimum atomic E-state index is -0.0179. The third-order valence-electron chi connectivity index (χ3n) is 5.01. The molecule has 0 saturated carbocycles. The number of anilines is 1. The van der Waals surface area contributed by atoms with Crippen molar-refractivity contribution in [1.29, 1.82) is 0 Å². The number of pyridine rings is 1. The van der Waals surface area contributed by atoms with Crippen LogP contribution in [0.3, 0.4) is 0 Å². The van der Waals surface area contributed by atoms with Crippen LogP contribution in [0.2, 0.25) is 0 Å². The summed E-state index contributed by atoms with van der Waals surface area (Å²) in [4.78, 5) is 23.3. The second-order valence-electron chi connectivity index (χ2n) is 6.97. The highest BCUT2D eigenvalue weighted by atomic mass is 16.1. The van der Waals surface area contributed by atoms with Gasteiger partial charge in [-0.1, -0.05) is 0 Å². The highest BCUT2D eigenvalue weighted by Crippen LogP contribution is 2.22. The van der Waals surface area contributed by atoms with E-state index in [0.717, 1.165) is 43.0 Å². The molecule has 0 aromatic carbocycles. The normalized spacial score (nSPS) is 15.1. The van der Waals surface area contributed by atoms with Crippen molar-refractivity contribution in [3.05, 3.63) is 65.1 Å². The van der Waals surface area contributed by atoms with Crippen molar-refractivity contribution in [2.45, 2.75) is 26.3 Å². The highest BCUT2D eigenvalue weighted by Gasteiger charge is 2.21. The molecule has 3 aromatic heterocycles. The number of hydrogen-bond acceptors (Lipinski definition) is 6. The molecule has 0 N–H and O–H groups in total. The summed E-state index contributed by atoms with van der Waals surface area (Å²) in [6.45, 7) is 4.50. The van der Waals surface area contributed by atoms with Gasteiger partial charge in [0.15, 0.2) is 5.82 Å². The van der Waals surface area contributed by atoms with E-state index >= 15 is 0 Å². The van der Waals surface area contributed by atoms with E-state index in [-0.39, 0.29) is 5.56 Å². The number of nitrogens with zero attached hydrogens (tertiary/aromatic N) is 6. The first-order chi connectivity index (χ1) is 13.2. The van der Waals surface area contributed by atoms with E-state index in [9.17, 15) is 4.79 Å². The van der Waals surface area contributed by atoms with E-state index < -0.39 is 0 Å². The zero-order valence-electron chi connectivity index (χ0n) is 15.3. The Balaban J connectivity index is 1.39. The molecule has 1 saturated heterocycles. The lowest BCUT2D eigenvalue weighted by atomic mass is 9.96. The smallest absolute Gasteiger partial charge is 0.253 e. The summed E-state index contributed by atoms with van der Waals surface area (Å²) < 4.78 is 1.71. The van der Waals surface area contributed by atoms with Gasteiger partial charge in [0.25, 0.3) is 5.56 Å². The van der Waals surface area contributed by atoms with Gasteiger partial charge in [-0.3, -0.25) is 14.3 Å². The maximum atomic E-state index is 12.5. The summed E-state index contributed by atoms with van der Waals surface area (Å²) in [5, 5.41) is 8.41. The molecule has 0 bridgehead atoms. The Bertz CT molecular complexity index is 946. The van der Waals surface area contributed by atoms with E-state index in [1.807, 2.05) is 31.2 Å². The fourth-order valence-electron chi connectivity index (χ4n) is 3.42. The number of rotatable bonds is 4. The Labute approximate surface area is 157 Å². The van der Waals surface area contributed by atoms with Crippen molar-refractivity contribution in [3.63, 3.8) is 0 Å². The third-order valence-corrected chi connectivity index (χ3v) is 5.01. The van der Waals surface area contributed by atoms with Gasteiger partial charge in [-0.2, -0.15) is 5.10 Å². The number of aryl methyl sites for hydroxylation is 1. The fraction of sp³-hybridized carbons (Fsp3) is 0.350. The van der Waals surface area contributed by atoms with Crippen LogP contribution in [0.1, 0.15) is 18.5 Å². The van der Waals surface area contributed by atoms with Crippen molar-refractivity contribution in [1.82, 2.24) is 24.7 Å². The summed E-state index contributed by atoms with van der Waals surface area (Å²) >= 11 is 0. The number of aromatic nitrogens is 5. The Morgan fingerprint density at radius 2 is 2.00 bits per heavy atom. The predicted octanol–water partition coefficient (Wildman–Crippen LogP) is 2.32. The standard InChI is InChI=1S/C20H22N6O/c1-15-4-5-19(24-23-15)25-9-6-16(7-10-25)13-26-14-22-18(11-20(26)27)17-3-2-8-21-12-17/h2-5,8,11-12,14,16H,6-7,9-10,13H2,1H3. The molecule has 138 valence electrons. The molecule has 4 heterocycles. The molecule has 1 aliphatic rings. The lowest BCUT2D eigenvalue weighted by Crippen LogP contribution is -2.36. The monoisotopic (exact) mass is 362 g/mol. The van der Waals surface area contributed by atoms with Crippen molar-refractivity contribution < 1.29 is 0 Å². The quantitative estimate of drug-likeness (QED) is 0.709. The molecule has 27 heavy (non-hydrogen) atoms. The third kappa shape index (κ3) is 4.02. The van der Waals surface area contributed by atoms with Crippen LogP contribution < -0.4 is 10.5 Å². The van der Waals surface area contributed by atoms with Gasteiger partial charge < -0.3 is 4.90 Å². The van der Waals surface area contributed by atoms with Crippen molar-refractivity contribution in [2.24, 2.45) is 5.92 Å². The van der Waals surface area contributed by atoms with Gasteiger partial charge in [0, 0.05) is 43.7 Å². The van der Waals surface area contributed by atoms with Crippen LogP contribution in [0.4, 0.5) is 5.82 Å². The molecule has 0 unspecified atom stereocenters. The van der Waals surface area contributed by atoms with Gasteiger partial charge in [0.1, 0.15) is 0 Å². The summed E-state index contributed by atoms with van der Waals surface area (Å²) in [5.74, 6) is 1.39. The Morgan fingerprint density at radius 3 is 2.67 bits per heavy atom. The minimum absolute atomic E-state index is 0.0179. The van der Waals surface area contributed by atoms with E-state index in [0.29, 0.717) is 18.2 Å². The van der Waals surface area contributed by atoms with Gasteiger partial charge >= 0.3 is 0 Å². The molecule has 1 fully saturated rings. The Morgan fingerprint density at radius 1 is 1.15 bits per heavy atom. The van der Waals surface area contributed by atoms with Crippen LogP contribution in [0, 0.1) is 12.8 Å². The van der Waals surface area contributed by atoms with Crippen molar-refractivity contribution in [2.75, 3.05) is 18.0 Å². The minimum Gasteiger partial charge on any atom is -0.355 e. The molecule has 0 atom stereocenters. The average molecular weight is 362 g/mol. The molecular formula is C20H22N6O. The van der Waals surface area contributed by atoms with Gasteiger partial charge in [-0.25, -0.2) is 4.98 Å². The first kappa shape index (κ1) is 17.3. The maximum Gasteiger partial charge on any atom is 0.253 e. The maximum absolute atomic E-state index is 12.5. The average Bonchev–Trinajstić information content (AvgIpc) is 2.71. The largest absolute Gasteiger partial charge is 0.355 e. The van der Waals surface area contributed by atoms with Crippen LogP contribution >= 0.6 is 0 Å². The van der Waals surface area contributed by atoms with Gasteiger partial charge in [-0.05, 0) is 49.9 Å². The topological polar surface area (TPSA) is 76.8 Å². The molecule has 0 amide bonds. The van der Waals surface area contributed by atoms with Crippen molar-refractivity contribution >= 4 is 5.82 Å². The lowest BCUT2D eigenvalue weighted by Gasteiger charge is -2.32. The van der Waals surface area contributed by atoms with Gasteiger partial charge in [0.05, 0.1) is 17.7 Å². The van der Waals surface area contributed by atoms with Crippen LogP contribution in [-0.2, 0) is 6.54 Å². The molecule has 7 heteroatoms. The number of hydrogen-bond donors (Lipinski definition) is 0. The second-order valence-corrected chi connectivity index (χ2v) is 6.97. The molecule has 1 aliphatic heterocycles. The summed E-state index contributed by atoms with van der Waals surface area (Å²) in [5.41, 5.74) is 2.43. The summed E-state index contributed by atoms with van der Waals surface area (Å²) in [7, 11) is 0. The van der Waals surface area contributed by atoms with Crippen LogP contribution in [0.25, 0.3) is 11.3 Å². The van der Waals surface area contributed by atoms with E-state index in [2.05, 4.69) is 25.1 Å². The van der Waals surface area contributed by atoms with Crippen molar-refractivity contribution in [3.8, 4) is 11.3 Å². The lowest BCUT2D eigenvalue weighted by molar-refractivity contribution is 0.350. The summed E-state index contributed by atoms with van der Waals surface area (Å²) in [6, 6.07) is 9.35. The molecule has 4 rings (SSSR count). The van der Waals surface area contributed by atoms with Gasteiger partial charge in [-0.15, -0.1) is 5.10 Å². The molecule has 3 aromatic rings. The van der Waals surface area contributed by atoms with E-state index in [4.69, 9.17) is 0 Å². The van der Waals surface area contributed by atoms with Crippen LogP contribution in [0.5, 0.6) is 0 Å². The van der Waals surface area contributed by atoms with E-state index in [1.165, 1.54) is 0 Å². The Kier molecular flexibility index (Phi) is 4.91. The van der Waals surface area contributed by atoms with Gasteiger partial charge in [0.2, 0.25) is 0 Å². The first-order valence-electron chi connectivity index (χ1n) is 9.21. The molecule has 0 radical (unpaired) electrons. The zero-order valence-corrected chi connectivity index (χ0v) is 15.3. The first-order valence-corrected chi connectivity index (χ1v) is 9.21. The summed E-state index contributed by atoms with van der Waals surface area (Å²) in [6.07, 6.45) is 7.12. The fourth-order valence-corrected chi connectivity index (χ4v) is 3.42. The molecule has 0 aliphatic carbocycles. The predicted molar refractivity (Wildman–Crippen MR) is 103 cm³/mol.